The van der Waals surface area contributed by atoms with Gasteiger partial charge in [0.25, 0.3) is 0 Å². The average Bonchev–Trinajstić information content (AvgIpc) is 2.56. The van der Waals surface area contributed by atoms with E-state index in [0.29, 0.717) is 5.76 Å². The van der Waals surface area contributed by atoms with Gasteiger partial charge < -0.3 is 14.3 Å². The zero-order valence-corrected chi connectivity index (χ0v) is 10.3. The Morgan fingerprint density at radius 3 is 2.41 bits per heavy atom. The van der Waals surface area contributed by atoms with Gasteiger partial charge in [0.15, 0.2) is 0 Å². The zero-order valence-electron chi connectivity index (χ0n) is 10.3. The maximum Gasteiger partial charge on any atom is 0.316 e. The largest absolute Gasteiger partial charge is 0.481 e. The lowest BCUT2D eigenvalue weighted by molar-refractivity contribution is -0.195. The second-order valence-corrected chi connectivity index (χ2v) is 4.77. The number of aryl methyl sites for hydroxylation is 1. The third kappa shape index (κ3) is 1.85. The first-order chi connectivity index (χ1) is 7.97. The molecule has 1 aromatic rings. The van der Waals surface area contributed by atoms with Crippen LogP contribution in [0, 0.1) is 12.3 Å². The Morgan fingerprint density at radius 2 is 2.12 bits per heavy atom. The smallest absolute Gasteiger partial charge is 0.316 e. The fourth-order valence-electron chi connectivity index (χ4n) is 2.34. The summed E-state index contributed by atoms with van der Waals surface area (Å²) in [5.74, 6) is 0.627. The van der Waals surface area contributed by atoms with Crippen molar-refractivity contribution in [1.82, 2.24) is 4.90 Å². The molecule has 0 aromatic carbocycles. The van der Waals surface area contributed by atoms with Crippen molar-refractivity contribution in [1.29, 1.82) is 0 Å². The van der Waals surface area contributed by atoms with Crippen molar-refractivity contribution in [2.24, 2.45) is 5.41 Å². The van der Waals surface area contributed by atoms with Crippen LogP contribution in [0.3, 0.4) is 0 Å². The van der Waals surface area contributed by atoms with Gasteiger partial charge in [0, 0.05) is 0 Å². The standard InChI is InChI=1S/C12H17NO4/c1-8-4-5-9(17-8)10(13(2)3)12(11(14)15)6-16-7-12/h4-5,10H,6-7H2,1-3H3,(H,14,15). The Morgan fingerprint density at radius 1 is 1.47 bits per heavy atom. The van der Waals surface area contributed by atoms with E-state index < -0.39 is 11.4 Å². The van der Waals surface area contributed by atoms with Gasteiger partial charge in [-0.1, -0.05) is 0 Å². The number of hydrogen-bond acceptors (Lipinski definition) is 4. The van der Waals surface area contributed by atoms with Crippen LogP contribution in [0.25, 0.3) is 0 Å². The van der Waals surface area contributed by atoms with E-state index in [9.17, 15) is 9.90 Å². The van der Waals surface area contributed by atoms with E-state index in [-0.39, 0.29) is 19.3 Å². The molecule has 1 aliphatic rings. The Balaban J connectivity index is 2.38. The highest BCUT2D eigenvalue weighted by Crippen LogP contribution is 2.44. The van der Waals surface area contributed by atoms with Gasteiger partial charge in [-0.3, -0.25) is 9.69 Å². The summed E-state index contributed by atoms with van der Waals surface area (Å²) >= 11 is 0. The molecule has 1 unspecified atom stereocenters. The molecule has 94 valence electrons. The monoisotopic (exact) mass is 239 g/mol. The van der Waals surface area contributed by atoms with Crippen molar-refractivity contribution in [2.75, 3.05) is 27.3 Å². The van der Waals surface area contributed by atoms with Crippen LogP contribution in [0.1, 0.15) is 17.6 Å². The molecule has 0 spiro atoms. The van der Waals surface area contributed by atoms with E-state index in [2.05, 4.69) is 0 Å². The number of carboxylic acids is 1. The Kier molecular flexibility index (Phi) is 2.97. The molecule has 1 N–H and O–H groups in total. The molecule has 1 aromatic heterocycles. The van der Waals surface area contributed by atoms with Crippen LogP contribution in [0.15, 0.2) is 16.5 Å². The highest BCUT2D eigenvalue weighted by molar-refractivity contribution is 5.77. The van der Waals surface area contributed by atoms with E-state index in [1.807, 2.05) is 38.1 Å². The predicted molar refractivity (Wildman–Crippen MR) is 60.8 cm³/mol. The molecule has 1 atom stereocenters. The van der Waals surface area contributed by atoms with Gasteiger partial charge in [0.05, 0.1) is 19.3 Å². The van der Waals surface area contributed by atoms with Gasteiger partial charge in [-0.15, -0.1) is 0 Å². The lowest BCUT2D eigenvalue weighted by Crippen LogP contribution is -2.56. The summed E-state index contributed by atoms with van der Waals surface area (Å²) in [6, 6.07) is 3.38. The molecule has 0 amide bonds. The van der Waals surface area contributed by atoms with Crippen LogP contribution in [0.5, 0.6) is 0 Å². The number of carbonyl (C=O) groups is 1. The summed E-state index contributed by atoms with van der Waals surface area (Å²) in [4.78, 5) is 13.4. The van der Waals surface area contributed by atoms with E-state index in [4.69, 9.17) is 9.15 Å². The van der Waals surface area contributed by atoms with Gasteiger partial charge in [0.2, 0.25) is 0 Å². The maximum atomic E-state index is 11.5. The lowest BCUT2D eigenvalue weighted by atomic mass is 9.76. The molecule has 1 aliphatic heterocycles. The highest BCUT2D eigenvalue weighted by atomic mass is 16.5. The first-order valence-corrected chi connectivity index (χ1v) is 5.51. The average molecular weight is 239 g/mol. The fourth-order valence-corrected chi connectivity index (χ4v) is 2.34. The van der Waals surface area contributed by atoms with Crippen molar-refractivity contribution in [2.45, 2.75) is 13.0 Å². The number of hydrogen-bond donors (Lipinski definition) is 1. The summed E-state index contributed by atoms with van der Waals surface area (Å²) in [5.41, 5.74) is -0.895. The second kappa shape index (κ2) is 4.16. The zero-order chi connectivity index (χ0) is 12.6. The number of carboxylic acid groups (broad SMARTS) is 1. The fraction of sp³-hybridized carbons (Fsp3) is 0.583. The minimum Gasteiger partial charge on any atom is -0.481 e. The molecule has 5 nitrogen and oxygen atoms in total. The summed E-state index contributed by atoms with van der Waals surface area (Å²) in [6.07, 6.45) is 0. The van der Waals surface area contributed by atoms with Gasteiger partial charge in [-0.05, 0) is 33.2 Å². The number of furan rings is 1. The predicted octanol–water partition coefficient (Wildman–Crippen LogP) is 1.29. The topological polar surface area (TPSA) is 62.9 Å². The number of aliphatic carboxylic acids is 1. The van der Waals surface area contributed by atoms with Crippen LogP contribution in [0.4, 0.5) is 0 Å². The van der Waals surface area contributed by atoms with Gasteiger partial charge >= 0.3 is 5.97 Å². The molecule has 0 radical (unpaired) electrons. The molecule has 2 rings (SSSR count). The normalized spacial score (nSPS) is 20.0. The number of ether oxygens (including phenoxy) is 1. The molecule has 5 heteroatoms. The molecule has 0 bridgehead atoms. The van der Waals surface area contributed by atoms with Crippen LogP contribution in [-0.2, 0) is 9.53 Å². The summed E-state index contributed by atoms with van der Waals surface area (Å²) in [5, 5.41) is 9.42. The van der Waals surface area contributed by atoms with E-state index in [1.54, 1.807) is 0 Å². The first kappa shape index (κ1) is 12.1. The van der Waals surface area contributed by atoms with Crippen LogP contribution < -0.4 is 0 Å². The molecule has 2 heterocycles. The minimum atomic E-state index is -0.895. The molecular weight excluding hydrogens is 222 g/mol. The Hall–Kier alpha value is -1.33. The van der Waals surface area contributed by atoms with Crippen molar-refractivity contribution < 1.29 is 19.1 Å². The van der Waals surface area contributed by atoms with Gasteiger partial charge in [-0.25, -0.2) is 0 Å². The van der Waals surface area contributed by atoms with Crippen LogP contribution >= 0.6 is 0 Å². The van der Waals surface area contributed by atoms with Crippen molar-refractivity contribution in [3.63, 3.8) is 0 Å². The van der Waals surface area contributed by atoms with Crippen molar-refractivity contribution in [3.8, 4) is 0 Å². The van der Waals surface area contributed by atoms with Crippen LogP contribution in [0.2, 0.25) is 0 Å². The van der Waals surface area contributed by atoms with Crippen LogP contribution in [-0.4, -0.2) is 43.3 Å². The SMILES string of the molecule is Cc1ccc(C(N(C)C)C2(C(=O)O)COC2)o1. The highest BCUT2D eigenvalue weighted by Gasteiger charge is 2.55. The molecule has 1 saturated heterocycles. The van der Waals surface area contributed by atoms with Crippen molar-refractivity contribution in [3.05, 3.63) is 23.7 Å². The second-order valence-electron chi connectivity index (χ2n) is 4.77. The van der Waals surface area contributed by atoms with Gasteiger partial charge in [-0.2, -0.15) is 0 Å². The lowest BCUT2D eigenvalue weighted by Gasteiger charge is -2.45. The number of rotatable bonds is 4. The Bertz CT molecular complexity index is 420. The quantitative estimate of drug-likeness (QED) is 0.857. The van der Waals surface area contributed by atoms with E-state index in [0.717, 1.165) is 5.76 Å². The molecule has 0 saturated carbocycles. The van der Waals surface area contributed by atoms with Gasteiger partial charge in [0.1, 0.15) is 16.9 Å². The molecular formula is C12H17NO4. The third-order valence-corrected chi connectivity index (χ3v) is 3.22. The molecule has 0 aliphatic carbocycles. The molecule has 17 heavy (non-hydrogen) atoms. The van der Waals surface area contributed by atoms with E-state index >= 15 is 0 Å². The third-order valence-electron chi connectivity index (χ3n) is 3.22. The minimum absolute atomic E-state index is 0.227. The van der Waals surface area contributed by atoms with Crippen molar-refractivity contribution >= 4 is 5.97 Å². The Labute approximate surface area is 100.0 Å². The summed E-state index contributed by atoms with van der Waals surface area (Å²) < 4.78 is 10.7. The summed E-state index contributed by atoms with van der Waals surface area (Å²) in [7, 11) is 3.71. The molecule has 1 fully saturated rings. The first-order valence-electron chi connectivity index (χ1n) is 5.51. The summed E-state index contributed by atoms with van der Waals surface area (Å²) in [6.45, 7) is 2.30. The maximum absolute atomic E-state index is 11.5. The van der Waals surface area contributed by atoms with E-state index in [1.165, 1.54) is 0 Å². The number of nitrogens with zero attached hydrogens (tertiary/aromatic N) is 1.